The van der Waals surface area contributed by atoms with Gasteiger partial charge in [-0.05, 0) is 197 Å². The minimum atomic E-state index is -0.514. The van der Waals surface area contributed by atoms with Crippen LogP contribution >= 0.6 is 11.3 Å². The molecule has 0 amide bonds. The zero-order valence-corrected chi connectivity index (χ0v) is 63.3. The Kier molecular flexibility index (Phi) is 16.9. The zero-order chi connectivity index (χ0) is 75.5. The lowest BCUT2D eigenvalue weighted by Gasteiger charge is -2.35. The Morgan fingerprint density at radius 3 is 0.991 bits per heavy atom. The number of thiophene rings is 1. The SMILES string of the molecule is c1ccc(-c2ccc(N(c3ccc4c(c3)C(c3ccccc3)(c3ccccc3)c3ccccc3-4)c3ccccc3-c3ccc4oc5ccccc5c4c3)cc2)cc1.c1ccc(-c2ccc(N(c3ccc4c(c3)C(c3ccccc3)(c3ccccc3)c3ccccc3-4)c3ccccc3-c3ccc4sc5ccccc5c4c3)cc2)cc1. The van der Waals surface area contributed by atoms with Crippen molar-refractivity contribution in [1.82, 2.24) is 0 Å². The first-order valence-corrected chi connectivity index (χ1v) is 40.0. The molecule has 2 aromatic heterocycles. The number of nitrogens with zero attached hydrogens (tertiary/aromatic N) is 2. The number of para-hydroxylation sites is 3. The summed E-state index contributed by atoms with van der Waals surface area (Å²) in [7, 11) is 0. The van der Waals surface area contributed by atoms with E-state index < -0.39 is 10.8 Å². The molecule has 0 spiro atoms. The lowest BCUT2D eigenvalue weighted by Crippen LogP contribution is -2.28. The molecule has 2 heterocycles. The van der Waals surface area contributed by atoms with Gasteiger partial charge in [0.25, 0.3) is 0 Å². The van der Waals surface area contributed by atoms with Gasteiger partial charge in [0.05, 0.1) is 22.2 Å². The molecular weight excluding hydrogens is 1400 g/mol. The molecule has 2 aliphatic carbocycles. The van der Waals surface area contributed by atoms with Crippen LogP contribution in [0.1, 0.15) is 44.5 Å². The highest BCUT2D eigenvalue weighted by Crippen LogP contribution is 2.60. The Bertz CT molecular complexity index is 6450. The molecule has 0 fully saturated rings. The van der Waals surface area contributed by atoms with E-state index in [4.69, 9.17) is 4.42 Å². The molecule has 536 valence electrons. The van der Waals surface area contributed by atoms with E-state index in [1.807, 2.05) is 23.5 Å². The number of benzene rings is 18. The summed E-state index contributed by atoms with van der Waals surface area (Å²) in [5.74, 6) is 0. The van der Waals surface area contributed by atoms with E-state index in [9.17, 15) is 0 Å². The number of fused-ring (bicyclic) bond motifs is 12. The van der Waals surface area contributed by atoms with Gasteiger partial charge in [-0.15, -0.1) is 11.3 Å². The lowest BCUT2D eigenvalue weighted by molar-refractivity contribution is 0.669. The van der Waals surface area contributed by atoms with Gasteiger partial charge in [0.2, 0.25) is 0 Å². The van der Waals surface area contributed by atoms with E-state index in [1.165, 1.54) is 120 Å². The third-order valence-electron chi connectivity index (χ3n) is 23.5. The van der Waals surface area contributed by atoms with Crippen LogP contribution in [0.3, 0.4) is 0 Å². The number of hydrogen-bond donors (Lipinski definition) is 0. The molecule has 22 rings (SSSR count). The van der Waals surface area contributed by atoms with Crippen molar-refractivity contribution in [3.63, 3.8) is 0 Å². The number of furan rings is 1. The summed E-state index contributed by atoms with van der Waals surface area (Å²) in [4.78, 5) is 4.90. The van der Waals surface area contributed by atoms with Gasteiger partial charge in [0, 0.05) is 64.8 Å². The van der Waals surface area contributed by atoms with Crippen molar-refractivity contribution >= 4 is 87.6 Å². The summed E-state index contributed by atoms with van der Waals surface area (Å²) in [6.07, 6.45) is 0. The van der Waals surface area contributed by atoms with Crippen LogP contribution in [-0.2, 0) is 10.8 Å². The fourth-order valence-corrected chi connectivity index (χ4v) is 19.6. The molecule has 114 heavy (non-hydrogen) atoms. The Morgan fingerprint density at radius 1 is 0.193 bits per heavy atom. The minimum absolute atomic E-state index is 0.502. The van der Waals surface area contributed by atoms with Crippen molar-refractivity contribution < 1.29 is 4.42 Å². The van der Waals surface area contributed by atoms with Gasteiger partial charge < -0.3 is 14.2 Å². The molecule has 0 aliphatic heterocycles. The van der Waals surface area contributed by atoms with Crippen molar-refractivity contribution in [1.29, 1.82) is 0 Å². The van der Waals surface area contributed by atoms with Gasteiger partial charge in [-0.3, -0.25) is 0 Å². The van der Waals surface area contributed by atoms with Crippen LogP contribution in [-0.4, -0.2) is 0 Å². The summed E-state index contributed by atoms with van der Waals surface area (Å²) < 4.78 is 8.88. The van der Waals surface area contributed by atoms with Crippen LogP contribution in [0.25, 0.3) is 109 Å². The highest BCUT2D eigenvalue weighted by atomic mass is 32.1. The molecule has 0 atom stereocenters. The Labute approximate surface area is 668 Å². The van der Waals surface area contributed by atoms with E-state index in [1.54, 1.807) is 0 Å². The minimum Gasteiger partial charge on any atom is -0.456 e. The average molecular weight is 1470 g/mol. The van der Waals surface area contributed by atoms with Crippen molar-refractivity contribution in [2.75, 3.05) is 9.80 Å². The standard InChI is InChI=1S/C55H37NO.C55H37NS/c2*1-4-16-38(17-5-1)39-28-31-43(32-29-39)56(52-26-14-11-22-45(52)40-30-35-54-49(36-40)48-24-12-15-27-53(48)57-54)44-33-34-47-46-23-10-13-25-50(46)55(51(47)37-44,41-18-6-2-7-19-41)42-20-8-3-9-21-42/h2*1-37H. The second-order valence-corrected chi connectivity index (χ2v) is 30.7. The fourth-order valence-electron chi connectivity index (χ4n) is 18.5. The predicted molar refractivity (Wildman–Crippen MR) is 479 cm³/mol. The second kappa shape index (κ2) is 28.5. The maximum absolute atomic E-state index is 6.26. The highest BCUT2D eigenvalue weighted by Gasteiger charge is 2.48. The van der Waals surface area contributed by atoms with Crippen LogP contribution in [0.4, 0.5) is 34.1 Å². The molecule has 18 aromatic carbocycles. The quantitative estimate of drug-likeness (QED) is 0.108. The molecule has 0 N–H and O–H groups in total. The molecule has 0 saturated carbocycles. The molecule has 3 nitrogen and oxygen atoms in total. The first kappa shape index (κ1) is 67.7. The molecule has 0 unspecified atom stereocenters. The van der Waals surface area contributed by atoms with E-state index in [0.717, 1.165) is 67.2 Å². The topological polar surface area (TPSA) is 19.6 Å². The fraction of sp³-hybridized carbons (Fsp3) is 0.0182. The van der Waals surface area contributed by atoms with Gasteiger partial charge >= 0.3 is 0 Å². The third-order valence-corrected chi connectivity index (χ3v) is 24.7. The van der Waals surface area contributed by atoms with Gasteiger partial charge in [-0.25, -0.2) is 0 Å². The predicted octanol–water partition coefficient (Wildman–Crippen LogP) is 30.0. The van der Waals surface area contributed by atoms with Gasteiger partial charge in [-0.1, -0.05) is 352 Å². The van der Waals surface area contributed by atoms with Crippen molar-refractivity contribution in [2.45, 2.75) is 10.8 Å². The Hall–Kier alpha value is -14.4. The number of hydrogen-bond acceptors (Lipinski definition) is 4. The summed E-state index contributed by atoms with van der Waals surface area (Å²) in [6.45, 7) is 0. The van der Waals surface area contributed by atoms with Crippen LogP contribution in [0, 0.1) is 0 Å². The molecule has 2 aliphatic rings. The second-order valence-electron chi connectivity index (χ2n) is 29.7. The molecule has 0 radical (unpaired) electrons. The normalized spacial score (nSPS) is 12.7. The van der Waals surface area contributed by atoms with Gasteiger partial charge in [-0.2, -0.15) is 0 Å². The summed E-state index contributed by atoms with van der Waals surface area (Å²) >= 11 is 1.86. The zero-order valence-electron chi connectivity index (χ0n) is 62.4. The van der Waals surface area contributed by atoms with Gasteiger partial charge in [0.15, 0.2) is 0 Å². The molecule has 0 bridgehead atoms. The average Bonchev–Trinajstić information content (AvgIpc) is 1.54. The first-order chi connectivity index (χ1) is 56.5. The molecular formula is C110H74N2OS. The van der Waals surface area contributed by atoms with Crippen LogP contribution in [0.5, 0.6) is 0 Å². The Balaban J connectivity index is 0.000000143. The molecule has 0 saturated heterocycles. The van der Waals surface area contributed by atoms with Crippen LogP contribution in [0.15, 0.2) is 453 Å². The third kappa shape index (κ3) is 11.3. The van der Waals surface area contributed by atoms with E-state index in [2.05, 4.69) is 447 Å². The van der Waals surface area contributed by atoms with Gasteiger partial charge in [0.1, 0.15) is 11.2 Å². The highest BCUT2D eigenvalue weighted by molar-refractivity contribution is 7.25. The van der Waals surface area contributed by atoms with Crippen LogP contribution < -0.4 is 9.80 Å². The summed E-state index contributed by atoms with van der Waals surface area (Å²) in [5.41, 5.74) is 32.1. The van der Waals surface area contributed by atoms with Crippen molar-refractivity contribution in [3.8, 4) is 66.8 Å². The molecule has 20 aromatic rings. The van der Waals surface area contributed by atoms with Crippen molar-refractivity contribution in [2.24, 2.45) is 0 Å². The summed E-state index contributed by atoms with van der Waals surface area (Å²) in [5, 5.41) is 4.84. The maximum atomic E-state index is 6.26. The van der Waals surface area contributed by atoms with E-state index in [0.29, 0.717) is 0 Å². The smallest absolute Gasteiger partial charge is 0.135 e. The van der Waals surface area contributed by atoms with Crippen molar-refractivity contribution in [3.05, 3.63) is 493 Å². The number of anilines is 6. The first-order valence-electron chi connectivity index (χ1n) is 39.2. The monoisotopic (exact) mass is 1470 g/mol. The summed E-state index contributed by atoms with van der Waals surface area (Å²) in [6, 6.07) is 164. The number of rotatable bonds is 14. The van der Waals surface area contributed by atoms with E-state index in [-0.39, 0.29) is 0 Å². The Morgan fingerprint density at radius 2 is 0.518 bits per heavy atom. The maximum Gasteiger partial charge on any atom is 0.135 e. The lowest BCUT2D eigenvalue weighted by atomic mass is 9.67. The largest absolute Gasteiger partial charge is 0.456 e. The van der Waals surface area contributed by atoms with E-state index >= 15 is 0 Å². The molecule has 4 heteroatoms. The van der Waals surface area contributed by atoms with Crippen LogP contribution in [0.2, 0.25) is 0 Å².